The first-order valence-corrected chi connectivity index (χ1v) is 10.8. The maximum absolute atomic E-state index is 12.0. The summed E-state index contributed by atoms with van der Waals surface area (Å²) >= 11 is 0. The van der Waals surface area contributed by atoms with Crippen molar-refractivity contribution in [2.24, 2.45) is 11.3 Å². The molecule has 1 atom stereocenters. The molecule has 1 aromatic carbocycles. The third-order valence-electron chi connectivity index (χ3n) is 6.17. The molecule has 1 saturated carbocycles. The predicted octanol–water partition coefficient (Wildman–Crippen LogP) is 2.89. The fourth-order valence-electron chi connectivity index (χ4n) is 3.95. The van der Waals surface area contributed by atoms with Gasteiger partial charge in [-0.2, -0.15) is 0 Å². The molecule has 0 aromatic heterocycles. The minimum Gasteiger partial charge on any atom is -0.504 e. The zero-order chi connectivity index (χ0) is 22.1. The molecule has 7 nitrogen and oxygen atoms in total. The topological polar surface area (TPSA) is 91.3 Å². The number of hydrogen-bond donors (Lipinski definition) is 3. The van der Waals surface area contributed by atoms with Crippen molar-refractivity contribution in [2.45, 2.75) is 58.6 Å². The number of methoxy groups -OCH3 is 2. The molecule has 1 saturated heterocycles. The Hall–Kier alpha value is -1.83. The SMILES string of the molecule is COC1CCC(C)(C)CC1.COc1cc(CNC(=O)[C@@H]2CCN(CO)C2)ccc1O. The second-order valence-electron chi connectivity index (χ2n) is 9.03. The number of carbonyl (C=O) groups excluding carboxylic acids is 1. The third-order valence-corrected chi connectivity index (χ3v) is 6.17. The molecule has 2 aliphatic rings. The molecular weight excluding hydrogens is 384 g/mol. The molecule has 1 aromatic rings. The molecule has 0 bridgehead atoms. The lowest BCUT2D eigenvalue weighted by atomic mass is 9.76. The number of likely N-dealkylation sites (tertiary alicyclic amines) is 1. The van der Waals surface area contributed by atoms with Crippen LogP contribution in [0.3, 0.4) is 0 Å². The van der Waals surface area contributed by atoms with Gasteiger partial charge in [-0.05, 0) is 55.2 Å². The number of hydrogen-bond acceptors (Lipinski definition) is 6. The molecule has 3 rings (SSSR count). The van der Waals surface area contributed by atoms with Gasteiger partial charge in [-0.15, -0.1) is 0 Å². The number of carbonyl (C=O) groups is 1. The third kappa shape index (κ3) is 7.45. The van der Waals surface area contributed by atoms with E-state index in [9.17, 15) is 9.90 Å². The van der Waals surface area contributed by atoms with Crippen LogP contribution in [0.15, 0.2) is 18.2 Å². The molecule has 30 heavy (non-hydrogen) atoms. The number of rotatable bonds is 6. The van der Waals surface area contributed by atoms with Gasteiger partial charge in [0, 0.05) is 26.7 Å². The average Bonchev–Trinajstić information content (AvgIpc) is 3.23. The summed E-state index contributed by atoms with van der Waals surface area (Å²) in [5.41, 5.74) is 1.44. The van der Waals surface area contributed by atoms with Crippen LogP contribution in [0.4, 0.5) is 0 Å². The van der Waals surface area contributed by atoms with Crippen LogP contribution in [0.5, 0.6) is 11.5 Å². The van der Waals surface area contributed by atoms with Crippen molar-refractivity contribution in [2.75, 3.05) is 34.0 Å². The summed E-state index contributed by atoms with van der Waals surface area (Å²) in [5.74, 6) is 0.398. The Morgan fingerprint density at radius 2 is 1.93 bits per heavy atom. The van der Waals surface area contributed by atoms with E-state index in [-0.39, 0.29) is 24.3 Å². The van der Waals surface area contributed by atoms with E-state index in [4.69, 9.17) is 14.6 Å². The van der Waals surface area contributed by atoms with Crippen molar-refractivity contribution < 1.29 is 24.5 Å². The molecular formula is C23H38N2O5. The van der Waals surface area contributed by atoms with Gasteiger partial charge in [0.1, 0.15) is 0 Å². The second-order valence-corrected chi connectivity index (χ2v) is 9.03. The van der Waals surface area contributed by atoms with Crippen molar-refractivity contribution in [3.05, 3.63) is 23.8 Å². The quantitative estimate of drug-likeness (QED) is 0.653. The Morgan fingerprint density at radius 1 is 1.23 bits per heavy atom. The molecule has 2 fully saturated rings. The summed E-state index contributed by atoms with van der Waals surface area (Å²) in [7, 11) is 3.31. The molecule has 0 unspecified atom stereocenters. The number of nitrogens with zero attached hydrogens (tertiary/aromatic N) is 1. The van der Waals surface area contributed by atoms with Crippen molar-refractivity contribution in [1.29, 1.82) is 0 Å². The van der Waals surface area contributed by atoms with Crippen molar-refractivity contribution in [3.8, 4) is 11.5 Å². The zero-order valence-corrected chi connectivity index (χ0v) is 18.8. The van der Waals surface area contributed by atoms with Crippen LogP contribution >= 0.6 is 0 Å². The molecule has 1 aliphatic heterocycles. The summed E-state index contributed by atoms with van der Waals surface area (Å²) in [4.78, 5) is 13.8. The van der Waals surface area contributed by atoms with E-state index in [2.05, 4.69) is 19.2 Å². The molecule has 0 spiro atoms. The van der Waals surface area contributed by atoms with Crippen LogP contribution in [0.25, 0.3) is 0 Å². The number of phenolic OH excluding ortho intramolecular Hbond substituents is 1. The van der Waals surface area contributed by atoms with Crippen LogP contribution in [0.1, 0.15) is 51.5 Å². The predicted molar refractivity (Wildman–Crippen MR) is 116 cm³/mol. The highest BCUT2D eigenvalue weighted by atomic mass is 16.5. The zero-order valence-electron chi connectivity index (χ0n) is 18.8. The van der Waals surface area contributed by atoms with Gasteiger partial charge in [0.05, 0.1) is 25.9 Å². The van der Waals surface area contributed by atoms with Crippen LogP contribution in [0, 0.1) is 11.3 Å². The highest BCUT2D eigenvalue weighted by Crippen LogP contribution is 2.35. The first-order valence-electron chi connectivity index (χ1n) is 10.8. The maximum atomic E-state index is 12.0. The fraction of sp³-hybridized carbons (Fsp3) is 0.696. The number of aliphatic hydroxyl groups is 1. The van der Waals surface area contributed by atoms with E-state index in [1.807, 2.05) is 12.0 Å². The second kappa shape index (κ2) is 11.5. The molecule has 1 aliphatic carbocycles. The average molecular weight is 423 g/mol. The summed E-state index contributed by atoms with van der Waals surface area (Å²) in [5, 5.41) is 21.4. The normalized spacial score (nSPS) is 21.6. The first kappa shape index (κ1) is 24.4. The smallest absolute Gasteiger partial charge is 0.224 e. The molecule has 7 heteroatoms. The van der Waals surface area contributed by atoms with E-state index in [0.29, 0.717) is 30.4 Å². The number of benzene rings is 1. The Kier molecular flexibility index (Phi) is 9.39. The van der Waals surface area contributed by atoms with Gasteiger partial charge in [0.2, 0.25) is 5.91 Å². The standard InChI is InChI=1S/C14H20N2O4.C9H18O/c1-20-13-6-10(2-3-12(13)18)7-15-14(19)11-4-5-16(8-11)9-17;1-9(2)6-4-8(10-3)5-7-9/h2-3,6,11,17-18H,4-5,7-9H2,1H3,(H,15,19);8H,4-7H2,1-3H3/t11-;/m1./s1. The van der Waals surface area contributed by atoms with Gasteiger partial charge in [-0.3, -0.25) is 9.69 Å². The summed E-state index contributed by atoms with van der Waals surface area (Å²) in [6, 6.07) is 4.99. The summed E-state index contributed by atoms with van der Waals surface area (Å²) in [6.07, 6.45) is 6.47. The Labute approximate surface area is 180 Å². The Bertz CT molecular complexity index is 670. The van der Waals surface area contributed by atoms with Gasteiger partial charge in [-0.25, -0.2) is 0 Å². The molecule has 3 N–H and O–H groups in total. The van der Waals surface area contributed by atoms with E-state index in [0.717, 1.165) is 18.5 Å². The molecule has 1 amide bonds. The Morgan fingerprint density at radius 3 is 2.50 bits per heavy atom. The number of aliphatic hydroxyl groups excluding tert-OH is 1. The lowest BCUT2D eigenvalue weighted by Gasteiger charge is -2.33. The van der Waals surface area contributed by atoms with Crippen molar-refractivity contribution in [3.63, 3.8) is 0 Å². The number of amides is 1. The summed E-state index contributed by atoms with van der Waals surface area (Å²) < 4.78 is 10.3. The lowest BCUT2D eigenvalue weighted by molar-refractivity contribution is -0.124. The highest BCUT2D eigenvalue weighted by molar-refractivity contribution is 5.79. The van der Waals surface area contributed by atoms with Crippen molar-refractivity contribution >= 4 is 5.91 Å². The van der Waals surface area contributed by atoms with E-state index in [1.165, 1.54) is 32.8 Å². The fourth-order valence-corrected chi connectivity index (χ4v) is 3.95. The highest BCUT2D eigenvalue weighted by Gasteiger charge is 2.27. The van der Waals surface area contributed by atoms with Gasteiger partial charge >= 0.3 is 0 Å². The lowest BCUT2D eigenvalue weighted by Crippen LogP contribution is -2.32. The summed E-state index contributed by atoms with van der Waals surface area (Å²) in [6.45, 7) is 6.44. The molecule has 1 heterocycles. The molecule has 0 radical (unpaired) electrons. The minimum absolute atomic E-state index is 0.00105. The van der Waals surface area contributed by atoms with E-state index < -0.39 is 0 Å². The van der Waals surface area contributed by atoms with E-state index >= 15 is 0 Å². The van der Waals surface area contributed by atoms with Crippen molar-refractivity contribution in [1.82, 2.24) is 10.2 Å². The maximum Gasteiger partial charge on any atom is 0.224 e. The number of ether oxygens (including phenoxy) is 2. The number of nitrogens with one attached hydrogen (secondary N) is 1. The Balaban J connectivity index is 0.000000269. The number of aromatic hydroxyl groups is 1. The monoisotopic (exact) mass is 422 g/mol. The van der Waals surface area contributed by atoms with Gasteiger partial charge in [-0.1, -0.05) is 19.9 Å². The first-order chi connectivity index (χ1) is 14.3. The van der Waals surface area contributed by atoms with Gasteiger partial charge in [0.25, 0.3) is 0 Å². The van der Waals surface area contributed by atoms with Gasteiger partial charge in [0.15, 0.2) is 11.5 Å². The minimum atomic E-state index is -0.0684. The van der Waals surface area contributed by atoms with Crippen LogP contribution in [-0.2, 0) is 16.1 Å². The van der Waals surface area contributed by atoms with Crippen LogP contribution < -0.4 is 10.1 Å². The van der Waals surface area contributed by atoms with Gasteiger partial charge < -0.3 is 25.0 Å². The molecule has 170 valence electrons. The van der Waals surface area contributed by atoms with E-state index in [1.54, 1.807) is 18.2 Å². The number of phenols is 1. The van der Waals surface area contributed by atoms with Crippen LogP contribution in [0.2, 0.25) is 0 Å². The van der Waals surface area contributed by atoms with Crippen LogP contribution in [-0.4, -0.2) is 61.2 Å². The largest absolute Gasteiger partial charge is 0.504 e.